The lowest BCUT2D eigenvalue weighted by atomic mass is 10.2. The molecule has 2 heterocycles. The van der Waals surface area contributed by atoms with Crippen LogP contribution in [0.4, 0.5) is 0 Å². The summed E-state index contributed by atoms with van der Waals surface area (Å²) in [5.41, 5.74) is 0.941. The van der Waals surface area contributed by atoms with Crippen molar-refractivity contribution in [3.63, 3.8) is 0 Å². The molecule has 0 fully saturated rings. The second kappa shape index (κ2) is 6.24. The molecule has 0 saturated carbocycles. The molecule has 0 aliphatic heterocycles. The van der Waals surface area contributed by atoms with Crippen LogP contribution < -0.4 is 5.56 Å². The van der Waals surface area contributed by atoms with Gasteiger partial charge in [-0.3, -0.25) is 19.6 Å². The third-order valence-corrected chi connectivity index (χ3v) is 3.26. The molecule has 98 valence electrons. The van der Waals surface area contributed by atoms with Crippen LogP contribution in [0.2, 0.25) is 0 Å². The first kappa shape index (κ1) is 13.4. The molecule has 2 aromatic heterocycles. The van der Waals surface area contributed by atoms with Crippen molar-refractivity contribution in [1.29, 1.82) is 0 Å². The van der Waals surface area contributed by atoms with Crippen LogP contribution in [-0.2, 0) is 11.2 Å². The molecule has 2 aromatic rings. The highest BCUT2D eigenvalue weighted by Gasteiger charge is 2.07. The Labute approximate surface area is 113 Å². The summed E-state index contributed by atoms with van der Waals surface area (Å²) in [4.78, 5) is 29.2. The quantitative estimate of drug-likeness (QED) is 0.814. The van der Waals surface area contributed by atoms with Crippen molar-refractivity contribution >= 4 is 17.5 Å². The molecular weight excluding hydrogens is 264 g/mol. The number of nitrogens with zero attached hydrogens (tertiary/aromatic N) is 3. The number of nitrogens with one attached hydrogen (secondary N) is 1. The molecule has 0 saturated heterocycles. The average molecular weight is 276 g/mol. The van der Waals surface area contributed by atoms with Crippen molar-refractivity contribution < 1.29 is 4.79 Å². The summed E-state index contributed by atoms with van der Waals surface area (Å²) >= 11 is 1.17. The SMILES string of the molecule is CC(=O)CSc1nnc(Cc2cccnc2)c(=O)[nH]1. The number of thioether (sulfide) groups is 1. The highest BCUT2D eigenvalue weighted by Crippen LogP contribution is 2.09. The van der Waals surface area contributed by atoms with Crippen LogP contribution in [0.15, 0.2) is 34.5 Å². The summed E-state index contributed by atoms with van der Waals surface area (Å²) < 4.78 is 0. The van der Waals surface area contributed by atoms with Gasteiger partial charge in [0.25, 0.3) is 5.56 Å². The molecule has 1 N–H and O–H groups in total. The minimum absolute atomic E-state index is 0.0204. The molecule has 0 amide bonds. The van der Waals surface area contributed by atoms with E-state index < -0.39 is 0 Å². The number of pyridine rings is 1. The van der Waals surface area contributed by atoms with Gasteiger partial charge in [-0.05, 0) is 18.6 Å². The van der Waals surface area contributed by atoms with Crippen LogP contribution >= 0.6 is 11.8 Å². The van der Waals surface area contributed by atoms with E-state index in [1.165, 1.54) is 18.7 Å². The maximum Gasteiger partial charge on any atom is 0.273 e. The zero-order chi connectivity index (χ0) is 13.7. The Kier molecular flexibility index (Phi) is 4.40. The summed E-state index contributed by atoms with van der Waals surface area (Å²) in [6.07, 6.45) is 3.73. The normalized spacial score (nSPS) is 10.4. The molecule has 0 unspecified atom stereocenters. The minimum Gasteiger partial charge on any atom is -0.299 e. The molecule has 0 radical (unpaired) electrons. The van der Waals surface area contributed by atoms with Crippen LogP contribution in [0, 0.1) is 0 Å². The van der Waals surface area contributed by atoms with Crippen molar-refractivity contribution in [2.75, 3.05) is 5.75 Å². The maximum absolute atomic E-state index is 11.8. The van der Waals surface area contributed by atoms with Crippen molar-refractivity contribution in [3.05, 3.63) is 46.1 Å². The molecule has 0 aliphatic carbocycles. The minimum atomic E-state index is -0.287. The number of hydrogen-bond acceptors (Lipinski definition) is 6. The van der Waals surface area contributed by atoms with Gasteiger partial charge < -0.3 is 0 Å². The van der Waals surface area contributed by atoms with Crippen LogP contribution in [0.3, 0.4) is 0 Å². The number of ketones is 1. The van der Waals surface area contributed by atoms with E-state index in [1.54, 1.807) is 18.5 Å². The van der Waals surface area contributed by atoms with Crippen molar-refractivity contribution in [3.8, 4) is 0 Å². The zero-order valence-electron chi connectivity index (χ0n) is 10.3. The van der Waals surface area contributed by atoms with E-state index >= 15 is 0 Å². The number of aromatic amines is 1. The number of Topliss-reactive ketones (excluding diaryl/α,β-unsaturated/α-hetero) is 1. The number of H-pyrrole nitrogens is 1. The van der Waals surface area contributed by atoms with Crippen LogP contribution in [0.5, 0.6) is 0 Å². The predicted molar refractivity (Wildman–Crippen MR) is 71.1 cm³/mol. The molecule has 7 heteroatoms. The van der Waals surface area contributed by atoms with Gasteiger partial charge in [-0.15, -0.1) is 10.2 Å². The summed E-state index contributed by atoms with van der Waals surface area (Å²) in [5.74, 6) is 0.291. The van der Waals surface area contributed by atoms with E-state index in [4.69, 9.17) is 0 Å². The second-order valence-electron chi connectivity index (χ2n) is 3.93. The number of aromatic nitrogens is 4. The fourth-order valence-electron chi connectivity index (χ4n) is 1.39. The van der Waals surface area contributed by atoms with Crippen LogP contribution in [0.1, 0.15) is 18.2 Å². The topological polar surface area (TPSA) is 88.6 Å². The molecule has 0 aromatic carbocycles. The van der Waals surface area contributed by atoms with Gasteiger partial charge in [0.2, 0.25) is 0 Å². The fraction of sp³-hybridized carbons (Fsp3) is 0.250. The smallest absolute Gasteiger partial charge is 0.273 e. The monoisotopic (exact) mass is 276 g/mol. The Morgan fingerprint density at radius 3 is 2.89 bits per heavy atom. The van der Waals surface area contributed by atoms with Gasteiger partial charge >= 0.3 is 0 Å². The molecule has 2 rings (SSSR count). The molecular formula is C12H12N4O2S. The number of rotatable bonds is 5. The Balaban J connectivity index is 2.11. The van der Waals surface area contributed by atoms with E-state index in [1.807, 2.05) is 6.07 Å². The summed E-state index contributed by atoms with van der Waals surface area (Å²) in [7, 11) is 0. The second-order valence-corrected chi connectivity index (χ2v) is 4.90. The number of carbonyl (C=O) groups excluding carboxylic acids is 1. The molecule has 0 aliphatic rings. The number of hydrogen-bond donors (Lipinski definition) is 1. The lowest BCUT2D eigenvalue weighted by molar-refractivity contribution is -0.114. The van der Waals surface area contributed by atoms with Crippen molar-refractivity contribution in [2.45, 2.75) is 18.5 Å². The zero-order valence-corrected chi connectivity index (χ0v) is 11.1. The maximum atomic E-state index is 11.8. The van der Waals surface area contributed by atoms with E-state index in [0.717, 1.165) is 5.56 Å². The Hall–Kier alpha value is -2.02. The average Bonchev–Trinajstić information content (AvgIpc) is 2.40. The van der Waals surface area contributed by atoms with Gasteiger partial charge in [0.15, 0.2) is 5.16 Å². The fourth-order valence-corrected chi connectivity index (χ4v) is 2.00. The largest absolute Gasteiger partial charge is 0.299 e. The highest BCUT2D eigenvalue weighted by atomic mass is 32.2. The van der Waals surface area contributed by atoms with E-state index in [9.17, 15) is 9.59 Å². The first-order valence-electron chi connectivity index (χ1n) is 5.62. The third-order valence-electron chi connectivity index (χ3n) is 2.25. The van der Waals surface area contributed by atoms with Crippen molar-refractivity contribution in [1.82, 2.24) is 20.2 Å². The molecule has 0 spiro atoms. The van der Waals surface area contributed by atoms with Crippen LogP contribution in [0.25, 0.3) is 0 Å². The summed E-state index contributed by atoms with van der Waals surface area (Å²) in [5, 5.41) is 8.15. The lowest BCUT2D eigenvalue weighted by Gasteiger charge is -2.01. The summed E-state index contributed by atoms with van der Waals surface area (Å²) in [6, 6.07) is 3.67. The van der Waals surface area contributed by atoms with Gasteiger partial charge in [-0.25, -0.2) is 0 Å². The Morgan fingerprint density at radius 1 is 1.42 bits per heavy atom. The first-order chi connectivity index (χ1) is 9.15. The summed E-state index contributed by atoms with van der Waals surface area (Å²) in [6.45, 7) is 1.48. The Bertz CT molecular complexity index is 627. The van der Waals surface area contributed by atoms with Gasteiger partial charge in [0.1, 0.15) is 11.5 Å². The van der Waals surface area contributed by atoms with Crippen molar-refractivity contribution in [2.24, 2.45) is 0 Å². The molecule has 6 nitrogen and oxygen atoms in total. The van der Waals surface area contributed by atoms with E-state index in [0.29, 0.717) is 17.3 Å². The molecule has 0 bridgehead atoms. The van der Waals surface area contributed by atoms with Crippen LogP contribution in [-0.4, -0.2) is 31.7 Å². The van der Waals surface area contributed by atoms with Gasteiger partial charge in [0, 0.05) is 18.8 Å². The predicted octanol–water partition coefficient (Wildman–Crippen LogP) is 0.832. The van der Waals surface area contributed by atoms with Gasteiger partial charge in [-0.2, -0.15) is 0 Å². The number of carbonyl (C=O) groups is 1. The van der Waals surface area contributed by atoms with E-state index in [-0.39, 0.29) is 17.1 Å². The molecule has 19 heavy (non-hydrogen) atoms. The highest BCUT2D eigenvalue weighted by molar-refractivity contribution is 7.99. The van der Waals surface area contributed by atoms with Gasteiger partial charge in [-0.1, -0.05) is 17.8 Å². The first-order valence-corrected chi connectivity index (χ1v) is 6.60. The van der Waals surface area contributed by atoms with E-state index in [2.05, 4.69) is 20.2 Å². The van der Waals surface area contributed by atoms with Gasteiger partial charge in [0.05, 0.1) is 5.75 Å². The Morgan fingerprint density at radius 2 is 2.26 bits per heavy atom. The third kappa shape index (κ3) is 3.99. The molecule has 0 atom stereocenters. The standard InChI is InChI=1S/C12H12N4O2S/c1-8(17)7-19-12-14-11(18)10(15-16-12)5-9-3-2-4-13-6-9/h2-4,6H,5,7H2,1H3,(H,14,16,18). The lowest BCUT2D eigenvalue weighted by Crippen LogP contribution is -2.18.